The Morgan fingerprint density at radius 3 is 2.31 bits per heavy atom. The van der Waals surface area contributed by atoms with E-state index in [1.54, 1.807) is 12.1 Å². The molecule has 200 valence electrons. The zero-order valence-corrected chi connectivity index (χ0v) is 22.3. The number of carbonyl (C=O) groups excluding carboxylic acids is 1. The van der Waals surface area contributed by atoms with Gasteiger partial charge in [-0.25, -0.2) is 4.98 Å². The summed E-state index contributed by atoms with van der Waals surface area (Å²) in [7, 11) is 4.56. The Labute approximate surface area is 227 Å². The highest BCUT2D eigenvalue weighted by molar-refractivity contribution is 5.95. The van der Waals surface area contributed by atoms with Crippen LogP contribution in [0.15, 0.2) is 78.9 Å². The lowest BCUT2D eigenvalue weighted by Crippen LogP contribution is -2.25. The second-order valence-electron chi connectivity index (χ2n) is 8.98. The number of nitrogens with one attached hydrogen (secondary N) is 1. The van der Waals surface area contributed by atoms with E-state index in [1.807, 2.05) is 42.5 Å². The third kappa shape index (κ3) is 5.60. The number of hydrogen-bond donors (Lipinski definition) is 1. The van der Waals surface area contributed by atoms with Crippen molar-refractivity contribution in [3.8, 4) is 23.0 Å². The van der Waals surface area contributed by atoms with Crippen LogP contribution in [0.4, 0.5) is 0 Å². The van der Waals surface area contributed by atoms with Crippen molar-refractivity contribution >= 4 is 27.7 Å². The maximum absolute atomic E-state index is 13.1. The number of para-hydroxylation sites is 2. The zero-order valence-electron chi connectivity index (χ0n) is 22.3. The number of amides is 1. The standard InChI is InChI=1S/C31H31N3O5/c1-36-27-18-23(19-28(37-2)30(27)38-3)31(35)32-20-29-33-25-11-6-7-12-26(25)34(29)15-8-16-39-24-14-13-21-9-4-5-10-22(21)17-24/h4-7,9-14,17-19H,8,15-16,20H2,1-3H3,(H,32,35). The summed E-state index contributed by atoms with van der Waals surface area (Å²) in [5.41, 5.74) is 2.29. The van der Waals surface area contributed by atoms with Crippen molar-refractivity contribution < 1.29 is 23.7 Å². The smallest absolute Gasteiger partial charge is 0.251 e. The molecule has 1 aromatic heterocycles. The quantitative estimate of drug-likeness (QED) is 0.226. The number of aryl methyl sites for hydroxylation is 1. The number of fused-ring (bicyclic) bond motifs is 2. The minimum atomic E-state index is -0.271. The number of aromatic nitrogens is 2. The van der Waals surface area contributed by atoms with Gasteiger partial charge in [-0.1, -0.05) is 42.5 Å². The van der Waals surface area contributed by atoms with Gasteiger partial charge in [-0.2, -0.15) is 0 Å². The van der Waals surface area contributed by atoms with Crippen molar-refractivity contribution in [3.63, 3.8) is 0 Å². The van der Waals surface area contributed by atoms with E-state index >= 15 is 0 Å². The molecule has 1 N–H and O–H groups in total. The van der Waals surface area contributed by atoms with E-state index in [4.69, 9.17) is 23.9 Å². The molecular weight excluding hydrogens is 494 g/mol. The lowest BCUT2D eigenvalue weighted by atomic mass is 10.1. The van der Waals surface area contributed by atoms with Gasteiger partial charge in [0.05, 0.1) is 45.5 Å². The van der Waals surface area contributed by atoms with E-state index in [2.05, 4.69) is 34.1 Å². The Balaban J connectivity index is 1.27. The summed E-state index contributed by atoms with van der Waals surface area (Å²) in [6.07, 6.45) is 0.779. The molecule has 0 spiro atoms. The number of nitrogens with zero attached hydrogens (tertiary/aromatic N) is 2. The van der Waals surface area contributed by atoms with Gasteiger partial charge in [0, 0.05) is 12.1 Å². The molecule has 5 rings (SSSR count). The highest BCUT2D eigenvalue weighted by atomic mass is 16.5. The molecule has 1 heterocycles. The normalized spacial score (nSPS) is 10.9. The van der Waals surface area contributed by atoms with E-state index in [0.717, 1.165) is 34.4 Å². The zero-order chi connectivity index (χ0) is 27.2. The summed E-state index contributed by atoms with van der Waals surface area (Å²) in [5, 5.41) is 5.33. The van der Waals surface area contributed by atoms with E-state index < -0.39 is 0 Å². The molecule has 0 saturated carbocycles. The maximum atomic E-state index is 13.1. The molecule has 0 atom stereocenters. The molecule has 0 bridgehead atoms. The van der Waals surface area contributed by atoms with Gasteiger partial charge in [-0.3, -0.25) is 4.79 Å². The summed E-state index contributed by atoms with van der Waals surface area (Å²) in [5.74, 6) is 2.61. The molecule has 8 nitrogen and oxygen atoms in total. The first kappa shape index (κ1) is 25.9. The largest absolute Gasteiger partial charge is 0.494 e. The topological polar surface area (TPSA) is 83.8 Å². The SMILES string of the molecule is COc1cc(C(=O)NCc2nc3ccccc3n2CCCOc2ccc3ccccc3c2)cc(OC)c1OC. The minimum Gasteiger partial charge on any atom is -0.494 e. The van der Waals surface area contributed by atoms with E-state index in [-0.39, 0.29) is 12.5 Å². The molecule has 0 saturated heterocycles. The third-order valence-electron chi connectivity index (χ3n) is 6.58. The summed E-state index contributed by atoms with van der Waals surface area (Å²) < 4.78 is 24.3. The number of benzene rings is 4. The van der Waals surface area contributed by atoms with Crippen LogP contribution in [-0.2, 0) is 13.1 Å². The van der Waals surface area contributed by atoms with Crippen LogP contribution >= 0.6 is 0 Å². The molecule has 8 heteroatoms. The summed E-state index contributed by atoms with van der Waals surface area (Å²) >= 11 is 0. The van der Waals surface area contributed by atoms with Gasteiger partial charge in [-0.05, 0) is 53.6 Å². The van der Waals surface area contributed by atoms with Gasteiger partial charge in [0.1, 0.15) is 11.6 Å². The fourth-order valence-electron chi connectivity index (χ4n) is 4.65. The van der Waals surface area contributed by atoms with Crippen LogP contribution in [0.25, 0.3) is 21.8 Å². The number of imidazole rings is 1. The lowest BCUT2D eigenvalue weighted by Gasteiger charge is -2.14. The highest BCUT2D eigenvalue weighted by Gasteiger charge is 2.18. The van der Waals surface area contributed by atoms with E-state index in [9.17, 15) is 4.79 Å². The van der Waals surface area contributed by atoms with Crippen LogP contribution in [0.3, 0.4) is 0 Å². The van der Waals surface area contributed by atoms with Gasteiger partial charge in [0.15, 0.2) is 11.5 Å². The third-order valence-corrected chi connectivity index (χ3v) is 6.58. The molecule has 0 unspecified atom stereocenters. The number of hydrogen-bond acceptors (Lipinski definition) is 6. The number of rotatable bonds is 11. The van der Waals surface area contributed by atoms with Crippen LogP contribution in [-0.4, -0.2) is 43.4 Å². The average molecular weight is 526 g/mol. The summed E-state index contributed by atoms with van der Waals surface area (Å²) in [4.78, 5) is 17.9. The molecule has 4 aromatic carbocycles. The van der Waals surface area contributed by atoms with Crippen molar-refractivity contribution in [1.29, 1.82) is 0 Å². The van der Waals surface area contributed by atoms with E-state index in [1.165, 1.54) is 26.7 Å². The average Bonchev–Trinajstić information content (AvgIpc) is 3.34. The molecule has 0 aliphatic heterocycles. The van der Waals surface area contributed by atoms with E-state index in [0.29, 0.717) is 36.0 Å². The van der Waals surface area contributed by atoms with Crippen LogP contribution in [0.5, 0.6) is 23.0 Å². The lowest BCUT2D eigenvalue weighted by molar-refractivity contribution is 0.0948. The first-order valence-electron chi connectivity index (χ1n) is 12.7. The first-order chi connectivity index (χ1) is 19.1. The molecule has 0 aliphatic rings. The Bertz CT molecular complexity index is 1590. The number of carbonyl (C=O) groups is 1. The second-order valence-corrected chi connectivity index (χ2v) is 8.98. The minimum absolute atomic E-state index is 0.260. The Morgan fingerprint density at radius 2 is 1.56 bits per heavy atom. The van der Waals surface area contributed by atoms with Crippen LogP contribution in [0.1, 0.15) is 22.6 Å². The maximum Gasteiger partial charge on any atom is 0.251 e. The molecule has 0 fully saturated rings. The predicted octanol–water partition coefficient (Wildman–Crippen LogP) is 5.61. The number of methoxy groups -OCH3 is 3. The Hall–Kier alpha value is -4.72. The fourth-order valence-corrected chi connectivity index (χ4v) is 4.65. The second kappa shape index (κ2) is 11.8. The first-order valence-corrected chi connectivity index (χ1v) is 12.7. The summed E-state index contributed by atoms with van der Waals surface area (Å²) in [6.45, 7) is 1.52. The Morgan fingerprint density at radius 1 is 0.846 bits per heavy atom. The van der Waals surface area contributed by atoms with Crippen molar-refractivity contribution in [3.05, 3.63) is 90.3 Å². The highest BCUT2D eigenvalue weighted by Crippen LogP contribution is 2.38. The predicted molar refractivity (Wildman–Crippen MR) is 151 cm³/mol. The molecule has 39 heavy (non-hydrogen) atoms. The Kier molecular flexibility index (Phi) is 7.82. The van der Waals surface area contributed by atoms with Gasteiger partial charge < -0.3 is 28.8 Å². The molecular formula is C31H31N3O5. The number of ether oxygens (including phenoxy) is 4. The van der Waals surface area contributed by atoms with Crippen molar-refractivity contribution in [2.75, 3.05) is 27.9 Å². The molecule has 5 aromatic rings. The van der Waals surface area contributed by atoms with Crippen molar-refractivity contribution in [1.82, 2.24) is 14.9 Å². The van der Waals surface area contributed by atoms with Crippen molar-refractivity contribution in [2.24, 2.45) is 0 Å². The van der Waals surface area contributed by atoms with Gasteiger partial charge in [0.2, 0.25) is 5.75 Å². The molecule has 0 aliphatic carbocycles. The van der Waals surface area contributed by atoms with Crippen LogP contribution < -0.4 is 24.3 Å². The monoisotopic (exact) mass is 525 g/mol. The van der Waals surface area contributed by atoms with Gasteiger partial charge in [-0.15, -0.1) is 0 Å². The van der Waals surface area contributed by atoms with Crippen LogP contribution in [0, 0.1) is 0 Å². The van der Waals surface area contributed by atoms with Gasteiger partial charge in [0.25, 0.3) is 5.91 Å². The molecule has 1 amide bonds. The molecule has 0 radical (unpaired) electrons. The summed E-state index contributed by atoms with van der Waals surface area (Å²) in [6, 6.07) is 25.6. The van der Waals surface area contributed by atoms with Crippen LogP contribution in [0.2, 0.25) is 0 Å². The fraction of sp³-hybridized carbons (Fsp3) is 0.226. The van der Waals surface area contributed by atoms with Gasteiger partial charge >= 0.3 is 0 Å². The van der Waals surface area contributed by atoms with Crippen molar-refractivity contribution in [2.45, 2.75) is 19.5 Å².